The first-order valence-corrected chi connectivity index (χ1v) is 8.89. The molecule has 1 aromatic rings. The van der Waals surface area contributed by atoms with Crippen LogP contribution in [0, 0.1) is 23.4 Å². The van der Waals surface area contributed by atoms with Crippen LogP contribution in [-0.4, -0.2) is 33.5 Å². The van der Waals surface area contributed by atoms with Crippen LogP contribution in [0.15, 0.2) is 16.1 Å². The number of carbonyl (C=O) groups is 1. The molecule has 0 aliphatic carbocycles. The molecule has 0 saturated heterocycles. The maximum absolute atomic E-state index is 14.0. The van der Waals surface area contributed by atoms with E-state index >= 15 is 0 Å². The second-order valence-electron chi connectivity index (χ2n) is 7.36. The molecule has 27 heavy (non-hydrogen) atoms. The summed E-state index contributed by atoms with van der Waals surface area (Å²) in [6.45, 7) is 3.97. The molecule has 5 nitrogen and oxygen atoms in total. The third-order valence-electron chi connectivity index (χ3n) is 5.24. The molecule has 0 spiro atoms. The number of rotatable bonds is 4. The number of carboxylic acids is 1. The van der Waals surface area contributed by atoms with Crippen molar-refractivity contribution in [1.29, 1.82) is 0 Å². The predicted octanol–water partition coefficient (Wildman–Crippen LogP) is 3.93. The summed E-state index contributed by atoms with van der Waals surface area (Å²) in [5.74, 6) is -2.68. The van der Waals surface area contributed by atoms with E-state index < -0.39 is 35.4 Å². The zero-order chi connectivity index (χ0) is 18.9. The van der Waals surface area contributed by atoms with E-state index in [-0.39, 0.29) is 26.6 Å². The number of pyridine rings is 1. The first-order chi connectivity index (χ1) is 12.3. The van der Waals surface area contributed by atoms with Gasteiger partial charge in [0.15, 0.2) is 0 Å². The Hall–Kier alpha value is -1.49. The number of aromatic nitrogens is 1. The van der Waals surface area contributed by atoms with Gasteiger partial charge in [-0.15, -0.1) is 6.07 Å². The van der Waals surface area contributed by atoms with E-state index in [2.05, 4.69) is 16.0 Å². The third-order valence-corrected chi connectivity index (χ3v) is 5.24. The molecule has 3 heterocycles. The largest absolute Gasteiger partial charge is 0.480 e. The Bertz CT molecular complexity index is 780. The van der Waals surface area contributed by atoms with E-state index in [1.54, 1.807) is 0 Å². The number of halogens is 2. The van der Waals surface area contributed by atoms with E-state index in [1.165, 1.54) is 0 Å². The summed E-state index contributed by atoms with van der Waals surface area (Å²) in [7, 11) is 0. The SMILES string of the molecule is CC(C)(C1=NC(C(=O)O)CCC1)C1=NC(c2[c-]cc(F)nc2F)CCC1.[Pt]. The molecule has 0 aromatic carbocycles. The monoisotopic (exact) mass is 557 g/mol. The molecule has 1 N–H and O–H groups in total. The number of aliphatic imine (C=N–C) groups is 2. The summed E-state index contributed by atoms with van der Waals surface area (Å²) < 4.78 is 27.1. The molecule has 0 fully saturated rings. The molecule has 0 radical (unpaired) electrons. The van der Waals surface area contributed by atoms with Crippen LogP contribution in [0.3, 0.4) is 0 Å². The number of aliphatic carboxylic acids is 1. The Morgan fingerprint density at radius 1 is 1.19 bits per heavy atom. The Kier molecular flexibility index (Phi) is 7.01. The Balaban J connectivity index is 0.00000261. The van der Waals surface area contributed by atoms with Gasteiger partial charge in [-0.1, -0.05) is 5.56 Å². The molecule has 3 rings (SSSR count). The van der Waals surface area contributed by atoms with Gasteiger partial charge >= 0.3 is 5.97 Å². The van der Waals surface area contributed by atoms with E-state index in [0.29, 0.717) is 12.8 Å². The Morgan fingerprint density at radius 2 is 1.81 bits per heavy atom. The molecule has 0 bridgehead atoms. The van der Waals surface area contributed by atoms with Crippen LogP contribution in [0.5, 0.6) is 0 Å². The standard InChI is InChI=1S/C19H22F2N3O2.Pt/c1-19(2,15-8-4-6-13(23-15)18(25)26)14-7-3-5-12(22-14)11-9-10-16(20)24-17(11)21;/h10,12-13H,3-8H2,1-2H3,(H,25,26);/q-1;. The molecule has 0 saturated carbocycles. The van der Waals surface area contributed by atoms with Gasteiger partial charge in [0.1, 0.15) is 12.0 Å². The number of carboxylic acid groups (broad SMARTS) is 1. The van der Waals surface area contributed by atoms with Gasteiger partial charge in [0.05, 0.1) is 12.0 Å². The van der Waals surface area contributed by atoms with Crippen molar-refractivity contribution in [2.75, 3.05) is 0 Å². The maximum Gasteiger partial charge on any atom is 0.328 e. The minimum absolute atomic E-state index is 0. The van der Waals surface area contributed by atoms with E-state index in [9.17, 15) is 18.7 Å². The van der Waals surface area contributed by atoms with E-state index in [0.717, 1.165) is 43.2 Å². The first kappa shape index (κ1) is 21.8. The number of hydrogen-bond acceptors (Lipinski definition) is 4. The quantitative estimate of drug-likeness (QED) is 0.451. The van der Waals surface area contributed by atoms with Gasteiger partial charge in [0, 0.05) is 37.9 Å². The molecule has 2 atom stereocenters. The maximum atomic E-state index is 14.0. The molecule has 2 unspecified atom stereocenters. The smallest absolute Gasteiger partial charge is 0.328 e. The molecule has 2 aliphatic heterocycles. The molecule has 1 aromatic heterocycles. The third kappa shape index (κ3) is 4.68. The summed E-state index contributed by atoms with van der Waals surface area (Å²) in [5.41, 5.74) is 1.39. The van der Waals surface area contributed by atoms with Crippen LogP contribution >= 0.6 is 0 Å². The molecule has 8 heteroatoms. The molecular formula is C19H22F2N3O2Pt-. The van der Waals surface area contributed by atoms with Crippen LogP contribution in [0.4, 0.5) is 8.78 Å². The number of nitrogens with zero attached hydrogens (tertiary/aromatic N) is 3. The summed E-state index contributed by atoms with van der Waals surface area (Å²) in [6, 6.07) is 2.49. The normalized spacial score (nSPS) is 23.1. The van der Waals surface area contributed by atoms with Crippen LogP contribution in [0.1, 0.15) is 64.0 Å². The van der Waals surface area contributed by atoms with Crippen molar-refractivity contribution >= 4 is 17.4 Å². The fraction of sp³-hybridized carbons (Fsp3) is 0.579. The average Bonchev–Trinajstić information content (AvgIpc) is 2.62. The van der Waals surface area contributed by atoms with Crippen molar-refractivity contribution in [3.05, 3.63) is 29.6 Å². The van der Waals surface area contributed by atoms with Crippen LogP contribution in [0.2, 0.25) is 0 Å². The van der Waals surface area contributed by atoms with Gasteiger partial charge < -0.3 is 10.1 Å². The van der Waals surface area contributed by atoms with E-state index in [1.807, 2.05) is 13.8 Å². The summed E-state index contributed by atoms with van der Waals surface area (Å²) in [4.78, 5) is 23.7. The molecule has 2 aliphatic rings. The van der Waals surface area contributed by atoms with Crippen molar-refractivity contribution in [2.24, 2.45) is 15.4 Å². The summed E-state index contributed by atoms with van der Waals surface area (Å²) in [5, 5.41) is 9.26. The van der Waals surface area contributed by atoms with Crippen LogP contribution in [0.25, 0.3) is 0 Å². The van der Waals surface area contributed by atoms with Crippen molar-refractivity contribution in [3.8, 4) is 0 Å². The van der Waals surface area contributed by atoms with Gasteiger partial charge in [-0.3, -0.25) is 18.8 Å². The topological polar surface area (TPSA) is 74.9 Å². The summed E-state index contributed by atoms with van der Waals surface area (Å²) >= 11 is 0. The first-order valence-electron chi connectivity index (χ1n) is 8.89. The Morgan fingerprint density at radius 3 is 2.44 bits per heavy atom. The van der Waals surface area contributed by atoms with E-state index in [4.69, 9.17) is 4.99 Å². The van der Waals surface area contributed by atoms with Gasteiger partial charge in [-0.25, -0.2) is 4.79 Å². The van der Waals surface area contributed by atoms with Crippen molar-refractivity contribution in [1.82, 2.24) is 4.98 Å². The predicted molar refractivity (Wildman–Crippen MR) is 93.5 cm³/mol. The van der Waals surface area contributed by atoms with Gasteiger partial charge in [0.25, 0.3) is 0 Å². The minimum atomic E-state index is -0.907. The molecule has 150 valence electrons. The molecule has 0 amide bonds. The molecular weight excluding hydrogens is 535 g/mol. The Labute approximate surface area is 171 Å². The minimum Gasteiger partial charge on any atom is -0.480 e. The van der Waals surface area contributed by atoms with Crippen molar-refractivity contribution < 1.29 is 39.7 Å². The van der Waals surface area contributed by atoms with Gasteiger partial charge in [-0.2, -0.15) is 6.07 Å². The second-order valence-corrected chi connectivity index (χ2v) is 7.36. The second kappa shape index (κ2) is 8.68. The van der Waals surface area contributed by atoms with Crippen LogP contribution < -0.4 is 0 Å². The zero-order valence-electron chi connectivity index (χ0n) is 15.2. The van der Waals surface area contributed by atoms with Gasteiger partial charge in [0.2, 0.25) is 0 Å². The van der Waals surface area contributed by atoms with Gasteiger partial charge in [-0.05, 0) is 52.4 Å². The summed E-state index contributed by atoms with van der Waals surface area (Å²) in [6.07, 6.45) is 4.26. The van der Waals surface area contributed by atoms with Crippen molar-refractivity contribution in [3.63, 3.8) is 0 Å². The average molecular weight is 557 g/mol. The fourth-order valence-corrected chi connectivity index (χ4v) is 3.68. The number of hydrogen-bond donors (Lipinski definition) is 1. The van der Waals surface area contributed by atoms with Crippen LogP contribution in [-0.2, 0) is 25.9 Å². The fourth-order valence-electron chi connectivity index (χ4n) is 3.68. The van der Waals surface area contributed by atoms with Crippen molar-refractivity contribution in [2.45, 2.75) is 64.5 Å². The zero-order valence-corrected chi connectivity index (χ0v) is 17.5.